The van der Waals surface area contributed by atoms with Crippen LogP contribution in [-0.2, 0) is 0 Å². The summed E-state index contributed by atoms with van der Waals surface area (Å²) >= 11 is 0. The van der Waals surface area contributed by atoms with E-state index in [1.54, 1.807) is 6.33 Å². The van der Waals surface area contributed by atoms with Crippen molar-refractivity contribution >= 4 is 5.82 Å². The van der Waals surface area contributed by atoms with Gasteiger partial charge in [0.25, 0.3) is 0 Å². The summed E-state index contributed by atoms with van der Waals surface area (Å²) in [6, 6.07) is 12.6. The van der Waals surface area contributed by atoms with Gasteiger partial charge in [-0.05, 0) is 31.7 Å². The van der Waals surface area contributed by atoms with Crippen molar-refractivity contribution in [1.29, 1.82) is 0 Å². The largest absolute Gasteiger partial charge is 0.346 e. The molecule has 1 aliphatic heterocycles. The minimum atomic E-state index is 0.241. The zero-order valence-corrected chi connectivity index (χ0v) is 13.8. The molecule has 0 aliphatic carbocycles. The van der Waals surface area contributed by atoms with Crippen molar-refractivity contribution in [2.75, 3.05) is 11.4 Å². The third-order valence-corrected chi connectivity index (χ3v) is 4.58. The lowest BCUT2D eigenvalue weighted by Gasteiger charge is -2.35. The number of rotatable bonds is 3. The van der Waals surface area contributed by atoms with Gasteiger partial charge in [0, 0.05) is 18.3 Å². The van der Waals surface area contributed by atoms with E-state index in [0.717, 1.165) is 41.6 Å². The molecule has 2 aromatic heterocycles. The number of nitrogens with one attached hydrogen (secondary N) is 1. The van der Waals surface area contributed by atoms with Crippen LogP contribution in [0.5, 0.6) is 0 Å². The van der Waals surface area contributed by atoms with Crippen molar-refractivity contribution in [3.8, 4) is 11.3 Å². The highest BCUT2D eigenvalue weighted by molar-refractivity contribution is 5.58. The van der Waals surface area contributed by atoms with Crippen LogP contribution in [-0.4, -0.2) is 26.5 Å². The SMILES string of the molecule is Cc1cc(N2CCCCC2c2ncc(-c3ccccc3)[nH]2)ncn1. The molecule has 1 N–H and O–H groups in total. The van der Waals surface area contributed by atoms with Gasteiger partial charge in [-0.2, -0.15) is 0 Å². The third kappa shape index (κ3) is 2.89. The molecule has 3 heterocycles. The van der Waals surface area contributed by atoms with Crippen molar-refractivity contribution < 1.29 is 0 Å². The number of aryl methyl sites for hydroxylation is 1. The molecule has 1 aliphatic rings. The number of benzene rings is 1. The van der Waals surface area contributed by atoms with Crippen molar-refractivity contribution in [2.45, 2.75) is 32.2 Å². The van der Waals surface area contributed by atoms with Gasteiger partial charge in [0.15, 0.2) is 0 Å². The first kappa shape index (κ1) is 14.9. The fourth-order valence-electron chi connectivity index (χ4n) is 3.36. The number of anilines is 1. The third-order valence-electron chi connectivity index (χ3n) is 4.58. The zero-order valence-electron chi connectivity index (χ0n) is 13.8. The minimum Gasteiger partial charge on any atom is -0.346 e. The molecule has 0 amide bonds. The lowest BCUT2D eigenvalue weighted by atomic mass is 10.0. The lowest BCUT2D eigenvalue weighted by Crippen LogP contribution is -2.34. The van der Waals surface area contributed by atoms with Gasteiger partial charge in [-0.15, -0.1) is 0 Å². The molecule has 0 bridgehead atoms. The van der Waals surface area contributed by atoms with Gasteiger partial charge in [-0.1, -0.05) is 30.3 Å². The quantitative estimate of drug-likeness (QED) is 0.795. The maximum Gasteiger partial charge on any atom is 0.132 e. The number of H-pyrrole nitrogens is 1. The number of aromatic nitrogens is 4. The van der Waals surface area contributed by atoms with Gasteiger partial charge in [-0.25, -0.2) is 15.0 Å². The topological polar surface area (TPSA) is 57.7 Å². The molecule has 24 heavy (non-hydrogen) atoms. The molecular weight excluding hydrogens is 298 g/mol. The number of hydrogen-bond donors (Lipinski definition) is 1. The van der Waals surface area contributed by atoms with Crippen LogP contribution in [0, 0.1) is 6.92 Å². The van der Waals surface area contributed by atoms with Crippen LogP contribution < -0.4 is 4.90 Å². The predicted molar refractivity (Wildman–Crippen MR) is 94.7 cm³/mol. The Morgan fingerprint density at radius 2 is 1.96 bits per heavy atom. The second-order valence-electron chi connectivity index (χ2n) is 6.27. The van der Waals surface area contributed by atoms with Crippen molar-refractivity contribution in [3.05, 3.63) is 60.4 Å². The molecule has 0 saturated carbocycles. The number of aromatic amines is 1. The first-order chi connectivity index (χ1) is 11.8. The summed E-state index contributed by atoms with van der Waals surface area (Å²) in [6.07, 6.45) is 7.07. The average Bonchev–Trinajstić information content (AvgIpc) is 3.12. The Labute approximate surface area is 141 Å². The minimum absolute atomic E-state index is 0.241. The molecule has 1 fully saturated rings. The number of nitrogens with zero attached hydrogens (tertiary/aromatic N) is 4. The lowest BCUT2D eigenvalue weighted by molar-refractivity contribution is 0.455. The Kier molecular flexibility index (Phi) is 3.99. The van der Waals surface area contributed by atoms with E-state index < -0.39 is 0 Å². The summed E-state index contributed by atoms with van der Waals surface area (Å²) < 4.78 is 0. The first-order valence-corrected chi connectivity index (χ1v) is 8.47. The van der Waals surface area contributed by atoms with Crippen LogP contribution in [0.2, 0.25) is 0 Å². The van der Waals surface area contributed by atoms with E-state index in [4.69, 9.17) is 0 Å². The summed E-state index contributed by atoms with van der Waals surface area (Å²) in [7, 11) is 0. The summed E-state index contributed by atoms with van der Waals surface area (Å²) in [5.74, 6) is 2.01. The van der Waals surface area contributed by atoms with Crippen molar-refractivity contribution in [1.82, 2.24) is 19.9 Å². The van der Waals surface area contributed by atoms with E-state index >= 15 is 0 Å². The molecular formula is C19H21N5. The summed E-state index contributed by atoms with van der Waals surface area (Å²) in [4.78, 5) is 19.2. The normalized spacial score (nSPS) is 17.9. The Morgan fingerprint density at radius 3 is 2.79 bits per heavy atom. The maximum absolute atomic E-state index is 4.67. The second kappa shape index (κ2) is 6.43. The maximum atomic E-state index is 4.67. The number of hydrogen-bond acceptors (Lipinski definition) is 4. The number of piperidine rings is 1. The van der Waals surface area contributed by atoms with Crippen LogP contribution >= 0.6 is 0 Å². The summed E-state index contributed by atoms with van der Waals surface area (Å²) in [5, 5.41) is 0. The van der Waals surface area contributed by atoms with E-state index in [2.05, 4.69) is 43.0 Å². The van der Waals surface area contributed by atoms with Gasteiger partial charge in [0.2, 0.25) is 0 Å². The van der Waals surface area contributed by atoms with Gasteiger partial charge in [0.05, 0.1) is 17.9 Å². The summed E-state index contributed by atoms with van der Waals surface area (Å²) in [5.41, 5.74) is 3.22. The molecule has 5 heteroatoms. The Hall–Kier alpha value is -2.69. The van der Waals surface area contributed by atoms with E-state index in [1.165, 1.54) is 12.8 Å². The Morgan fingerprint density at radius 1 is 1.08 bits per heavy atom. The van der Waals surface area contributed by atoms with Crippen molar-refractivity contribution in [2.24, 2.45) is 0 Å². The van der Waals surface area contributed by atoms with Crippen LogP contribution in [0.25, 0.3) is 11.3 Å². The summed E-state index contributed by atoms with van der Waals surface area (Å²) in [6.45, 7) is 3.01. The highest BCUT2D eigenvalue weighted by Gasteiger charge is 2.27. The van der Waals surface area contributed by atoms with Crippen molar-refractivity contribution in [3.63, 3.8) is 0 Å². The van der Waals surface area contributed by atoms with Gasteiger partial charge in [0.1, 0.15) is 18.0 Å². The average molecular weight is 319 g/mol. The van der Waals surface area contributed by atoms with Crippen LogP contribution in [0.1, 0.15) is 36.8 Å². The first-order valence-electron chi connectivity index (χ1n) is 8.47. The van der Waals surface area contributed by atoms with Gasteiger partial charge < -0.3 is 9.88 Å². The van der Waals surface area contributed by atoms with Crippen LogP contribution in [0.4, 0.5) is 5.82 Å². The molecule has 1 atom stereocenters. The van der Waals surface area contributed by atoms with Crippen LogP contribution in [0.3, 0.4) is 0 Å². The molecule has 0 radical (unpaired) electrons. The predicted octanol–water partition coefficient (Wildman–Crippen LogP) is 3.91. The monoisotopic (exact) mass is 319 g/mol. The zero-order chi connectivity index (χ0) is 16.4. The fraction of sp³-hybridized carbons (Fsp3) is 0.316. The molecule has 3 aromatic rings. The molecule has 1 saturated heterocycles. The molecule has 5 nitrogen and oxygen atoms in total. The molecule has 0 spiro atoms. The fourth-order valence-corrected chi connectivity index (χ4v) is 3.36. The highest BCUT2D eigenvalue weighted by Crippen LogP contribution is 2.33. The van der Waals surface area contributed by atoms with Gasteiger partial charge in [-0.3, -0.25) is 0 Å². The Bertz CT molecular complexity index is 811. The Balaban J connectivity index is 1.65. The smallest absolute Gasteiger partial charge is 0.132 e. The molecule has 1 aromatic carbocycles. The molecule has 1 unspecified atom stereocenters. The highest BCUT2D eigenvalue weighted by atomic mass is 15.2. The van der Waals surface area contributed by atoms with E-state index in [1.807, 2.05) is 31.3 Å². The molecule has 4 rings (SSSR count). The molecule has 122 valence electrons. The standard InChI is InChI=1S/C19H21N5/c1-14-11-18(22-13-21-14)24-10-6-5-9-17(24)19-20-12-16(23-19)15-7-3-2-4-8-15/h2-4,7-8,11-13,17H,5-6,9-10H2,1H3,(H,20,23). The van der Waals surface area contributed by atoms with E-state index in [-0.39, 0.29) is 6.04 Å². The number of imidazole rings is 1. The van der Waals surface area contributed by atoms with Gasteiger partial charge >= 0.3 is 0 Å². The van der Waals surface area contributed by atoms with E-state index in [0.29, 0.717) is 0 Å². The van der Waals surface area contributed by atoms with Crippen LogP contribution in [0.15, 0.2) is 48.9 Å². The second-order valence-corrected chi connectivity index (χ2v) is 6.27. The van der Waals surface area contributed by atoms with E-state index in [9.17, 15) is 0 Å².